The Morgan fingerprint density at radius 2 is 1.54 bits per heavy atom. The van der Waals surface area contributed by atoms with Crippen LogP contribution < -0.4 is 4.74 Å². The lowest BCUT2D eigenvalue weighted by molar-refractivity contribution is 0.344. The lowest BCUT2D eigenvalue weighted by Crippen LogP contribution is -2.02. The number of aromatic nitrogens is 3. The molecule has 0 aliphatic carbocycles. The van der Waals surface area contributed by atoms with Crippen molar-refractivity contribution in [3.8, 4) is 17.1 Å². The van der Waals surface area contributed by atoms with Crippen LogP contribution >= 0.6 is 11.8 Å². The summed E-state index contributed by atoms with van der Waals surface area (Å²) in [6, 6.07) is 16.4. The van der Waals surface area contributed by atoms with Crippen LogP contribution in [0.3, 0.4) is 0 Å². The number of ether oxygens (including phenoxy) is 1. The molecule has 0 spiro atoms. The van der Waals surface area contributed by atoms with Gasteiger partial charge in [0.2, 0.25) is 0 Å². The largest absolute Gasteiger partial charge is 0.493 e. The average Bonchev–Trinajstić information content (AvgIpc) is 2.95. The number of aryl methyl sites for hydroxylation is 2. The molecule has 0 aliphatic rings. The maximum absolute atomic E-state index is 5.75. The first-order chi connectivity index (χ1) is 11.6. The second-order valence-corrected chi connectivity index (χ2v) is 6.80. The van der Waals surface area contributed by atoms with Crippen molar-refractivity contribution in [3.63, 3.8) is 0 Å². The van der Waals surface area contributed by atoms with Crippen molar-refractivity contribution in [1.82, 2.24) is 14.8 Å². The van der Waals surface area contributed by atoms with E-state index in [9.17, 15) is 0 Å². The zero-order chi connectivity index (χ0) is 16.9. The third kappa shape index (κ3) is 3.97. The highest BCUT2D eigenvalue weighted by Crippen LogP contribution is 2.23. The number of rotatable bonds is 6. The summed E-state index contributed by atoms with van der Waals surface area (Å²) in [6.07, 6.45) is 0. The van der Waals surface area contributed by atoms with Gasteiger partial charge in [-0.1, -0.05) is 59.3 Å². The summed E-state index contributed by atoms with van der Waals surface area (Å²) in [5.41, 5.74) is 3.56. The predicted octanol–water partition coefficient (Wildman–Crippen LogP) is 4.27. The molecule has 5 heteroatoms. The molecule has 0 N–H and O–H groups in total. The highest BCUT2D eigenvalue weighted by atomic mass is 32.2. The average molecular weight is 339 g/mol. The van der Waals surface area contributed by atoms with Crippen molar-refractivity contribution in [1.29, 1.82) is 0 Å². The maximum atomic E-state index is 5.75. The van der Waals surface area contributed by atoms with E-state index in [-0.39, 0.29) is 0 Å². The summed E-state index contributed by atoms with van der Waals surface area (Å²) in [4.78, 5) is 0. The molecule has 0 atom stereocenters. The summed E-state index contributed by atoms with van der Waals surface area (Å²) in [7, 11) is 2.00. The summed E-state index contributed by atoms with van der Waals surface area (Å²) in [5, 5.41) is 9.51. The van der Waals surface area contributed by atoms with Crippen LogP contribution in [0.4, 0.5) is 0 Å². The first-order valence-corrected chi connectivity index (χ1v) is 8.91. The molecule has 1 aromatic heterocycles. The summed E-state index contributed by atoms with van der Waals surface area (Å²) >= 11 is 1.65. The fraction of sp³-hybridized carbons (Fsp3) is 0.263. The minimum atomic E-state index is 0.639. The molecule has 0 amide bonds. The van der Waals surface area contributed by atoms with E-state index in [1.54, 1.807) is 11.8 Å². The van der Waals surface area contributed by atoms with E-state index in [1.165, 1.54) is 11.1 Å². The lowest BCUT2D eigenvalue weighted by Gasteiger charge is -2.06. The van der Waals surface area contributed by atoms with Gasteiger partial charge in [0.1, 0.15) is 5.75 Å². The Kier molecular flexibility index (Phi) is 5.20. The Morgan fingerprint density at radius 1 is 0.917 bits per heavy atom. The Morgan fingerprint density at radius 3 is 2.21 bits per heavy atom. The van der Waals surface area contributed by atoms with Gasteiger partial charge in [0.25, 0.3) is 0 Å². The van der Waals surface area contributed by atoms with Crippen LogP contribution in [0.5, 0.6) is 5.75 Å². The minimum absolute atomic E-state index is 0.639. The Hall–Kier alpha value is -2.27. The van der Waals surface area contributed by atoms with Crippen LogP contribution in [0.1, 0.15) is 11.1 Å². The van der Waals surface area contributed by atoms with Gasteiger partial charge in [0.15, 0.2) is 11.0 Å². The van der Waals surface area contributed by atoms with Gasteiger partial charge in [-0.05, 0) is 26.0 Å². The molecule has 3 rings (SSSR count). The maximum Gasteiger partial charge on any atom is 0.191 e. The molecule has 3 aromatic rings. The molecular formula is C19H21N3OS. The second kappa shape index (κ2) is 7.53. The molecule has 124 valence electrons. The number of hydrogen-bond donors (Lipinski definition) is 0. The molecule has 0 saturated heterocycles. The van der Waals surface area contributed by atoms with E-state index in [1.807, 2.05) is 23.7 Å². The van der Waals surface area contributed by atoms with Crippen molar-refractivity contribution in [2.45, 2.75) is 19.0 Å². The standard InChI is InChI=1S/C19H21N3OS/c1-14-4-8-16(9-5-14)18-20-21-19(22(18)3)24-13-12-23-17-10-6-15(2)7-11-17/h4-11H,12-13H2,1-3H3. The van der Waals surface area contributed by atoms with Crippen LogP contribution in [0, 0.1) is 13.8 Å². The SMILES string of the molecule is Cc1ccc(OCCSc2nnc(-c3ccc(C)cc3)n2C)cc1. The van der Waals surface area contributed by atoms with Crippen molar-refractivity contribution < 1.29 is 4.74 Å². The molecule has 1 heterocycles. The third-order valence-electron chi connectivity index (χ3n) is 3.75. The summed E-state index contributed by atoms with van der Waals surface area (Å²) in [5.74, 6) is 2.62. The second-order valence-electron chi connectivity index (χ2n) is 5.74. The Balaban J connectivity index is 1.56. The van der Waals surface area contributed by atoms with Crippen molar-refractivity contribution in [2.75, 3.05) is 12.4 Å². The van der Waals surface area contributed by atoms with E-state index < -0.39 is 0 Å². The molecule has 0 unspecified atom stereocenters. The van der Waals surface area contributed by atoms with Gasteiger partial charge in [0, 0.05) is 18.4 Å². The molecule has 4 nitrogen and oxygen atoms in total. The molecule has 0 radical (unpaired) electrons. The molecule has 0 bridgehead atoms. The first-order valence-electron chi connectivity index (χ1n) is 7.92. The minimum Gasteiger partial charge on any atom is -0.493 e. The van der Waals surface area contributed by atoms with Gasteiger partial charge in [0.05, 0.1) is 6.61 Å². The number of nitrogens with zero attached hydrogens (tertiary/aromatic N) is 3. The monoisotopic (exact) mass is 339 g/mol. The molecule has 0 aliphatic heterocycles. The number of hydrogen-bond acceptors (Lipinski definition) is 4. The van der Waals surface area contributed by atoms with Crippen molar-refractivity contribution >= 4 is 11.8 Å². The van der Waals surface area contributed by atoms with Crippen molar-refractivity contribution in [2.24, 2.45) is 7.05 Å². The van der Waals surface area contributed by atoms with E-state index in [0.717, 1.165) is 28.0 Å². The van der Waals surface area contributed by atoms with E-state index in [4.69, 9.17) is 4.74 Å². The van der Waals surface area contributed by atoms with E-state index >= 15 is 0 Å². The van der Waals surface area contributed by atoms with Crippen molar-refractivity contribution in [3.05, 3.63) is 59.7 Å². The zero-order valence-corrected chi connectivity index (χ0v) is 15.0. The first kappa shape index (κ1) is 16.6. The highest BCUT2D eigenvalue weighted by Gasteiger charge is 2.10. The summed E-state index contributed by atoms with van der Waals surface area (Å²) < 4.78 is 7.78. The fourth-order valence-corrected chi connectivity index (χ4v) is 3.05. The van der Waals surface area contributed by atoms with Crippen LogP contribution in [-0.4, -0.2) is 27.1 Å². The Labute approximate surface area is 146 Å². The number of thioether (sulfide) groups is 1. The van der Waals surface area contributed by atoms with E-state index in [2.05, 4.69) is 60.4 Å². The topological polar surface area (TPSA) is 39.9 Å². The molecular weight excluding hydrogens is 318 g/mol. The fourth-order valence-electron chi connectivity index (χ4n) is 2.32. The predicted molar refractivity (Wildman–Crippen MR) is 98.6 cm³/mol. The van der Waals surface area contributed by atoms with Crippen LogP contribution in [0.25, 0.3) is 11.4 Å². The zero-order valence-electron chi connectivity index (χ0n) is 14.2. The molecule has 2 aromatic carbocycles. The van der Waals surface area contributed by atoms with Gasteiger partial charge in [-0.3, -0.25) is 0 Å². The smallest absolute Gasteiger partial charge is 0.191 e. The van der Waals surface area contributed by atoms with Crippen LogP contribution in [-0.2, 0) is 7.05 Å². The van der Waals surface area contributed by atoms with Gasteiger partial charge in [-0.15, -0.1) is 10.2 Å². The molecule has 24 heavy (non-hydrogen) atoms. The summed E-state index contributed by atoms with van der Waals surface area (Å²) in [6.45, 7) is 4.79. The highest BCUT2D eigenvalue weighted by molar-refractivity contribution is 7.99. The quantitative estimate of drug-likeness (QED) is 0.497. The molecule has 0 fully saturated rings. The number of benzene rings is 2. The van der Waals surface area contributed by atoms with Gasteiger partial charge in [-0.2, -0.15) is 0 Å². The van der Waals surface area contributed by atoms with Gasteiger partial charge < -0.3 is 9.30 Å². The molecule has 0 saturated carbocycles. The van der Waals surface area contributed by atoms with Gasteiger partial charge in [-0.25, -0.2) is 0 Å². The van der Waals surface area contributed by atoms with E-state index in [0.29, 0.717) is 6.61 Å². The Bertz CT molecular complexity index is 794. The van der Waals surface area contributed by atoms with Gasteiger partial charge >= 0.3 is 0 Å². The lowest BCUT2D eigenvalue weighted by atomic mass is 10.1. The van der Waals surface area contributed by atoms with Crippen LogP contribution in [0.15, 0.2) is 53.7 Å². The normalized spacial score (nSPS) is 10.8. The van der Waals surface area contributed by atoms with Crippen LogP contribution in [0.2, 0.25) is 0 Å². The third-order valence-corrected chi connectivity index (χ3v) is 4.73.